The molecule has 4 aliphatic rings. The van der Waals surface area contributed by atoms with Gasteiger partial charge < -0.3 is 5.32 Å². The van der Waals surface area contributed by atoms with Crippen LogP contribution in [0.1, 0.15) is 61.1 Å². The van der Waals surface area contributed by atoms with E-state index in [-0.39, 0.29) is 0 Å². The van der Waals surface area contributed by atoms with Crippen LogP contribution in [-0.2, 0) is 6.54 Å². The molecule has 0 aromatic heterocycles. The highest BCUT2D eigenvalue weighted by atomic mass is 32.2. The van der Waals surface area contributed by atoms with Gasteiger partial charge in [0.1, 0.15) is 0 Å². The molecule has 3 aromatic carbocycles. The van der Waals surface area contributed by atoms with Crippen molar-refractivity contribution in [2.75, 3.05) is 12.8 Å². The molecule has 1 aliphatic carbocycles. The van der Waals surface area contributed by atoms with Gasteiger partial charge >= 0.3 is 0 Å². The van der Waals surface area contributed by atoms with Crippen molar-refractivity contribution in [3.8, 4) is 0 Å². The normalized spacial score (nSPS) is 29.6. The summed E-state index contributed by atoms with van der Waals surface area (Å²) in [6.45, 7) is 2.21. The number of fused-ring (bicyclic) bond motifs is 2. The van der Waals surface area contributed by atoms with Crippen LogP contribution in [-0.4, -0.2) is 35.8 Å². The Bertz CT molecular complexity index is 1080. The van der Waals surface area contributed by atoms with Gasteiger partial charge in [0.25, 0.3) is 0 Å². The molecule has 6 atom stereocenters. The van der Waals surface area contributed by atoms with Crippen molar-refractivity contribution in [1.29, 1.82) is 0 Å². The third-order valence-electron chi connectivity index (χ3n) is 9.32. The van der Waals surface area contributed by atoms with E-state index >= 15 is 0 Å². The van der Waals surface area contributed by atoms with Gasteiger partial charge in [-0.3, -0.25) is 4.90 Å². The maximum absolute atomic E-state index is 4.21. The minimum atomic E-state index is 0.382. The van der Waals surface area contributed by atoms with Gasteiger partial charge in [0.2, 0.25) is 0 Å². The maximum Gasteiger partial charge on any atom is 0.0364 e. The van der Waals surface area contributed by atoms with Crippen LogP contribution in [0.25, 0.3) is 0 Å². The van der Waals surface area contributed by atoms with Crippen LogP contribution >= 0.6 is 11.8 Å². The number of nitrogens with zero attached hydrogens (tertiary/aromatic N) is 1. The molecule has 1 N–H and O–H groups in total. The van der Waals surface area contributed by atoms with Crippen molar-refractivity contribution in [2.45, 2.75) is 74.0 Å². The Morgan fingerprint density at radius 3 is 2.17 bits per heavy atom. The number of benzene rings is 3. The van der Waals surface area contributed by atoms with Crippen LogP contribution in [0.4, 0.5) is 0 Å². The van der Waals surface area contributed by atoms with Gasteiger partial charge in [-0.1, -0.05) is 98.1 Å². The van der Waals surface area contributed by atoms with Crippen molar-refractivity contribution >= 4 is 11.8 Å². The first-order valence-electron chi connectivity index (χ1n) is 14.1. The first-order valence-corrected chi connectivity index (χ1v) is 15.3. The molecule has 3 aromatic rings. The molecule has 4 fully saturated rings. The summed E-state index contributed by atoms with van der Waals surface area (Å²) in [6, 6.07) is 33.4. The highest BCUT2D eigenvalue weighted by Gasteiger charge is 2.54. The van der Waals surface area contributed by atoms with Crippen LogP contribution in [0.3, 0.4) is 0 Å². The molecule has 0 amide bonds. The number of thioether (sulfide) groups is 1. The van der Waals surface area contributed by atoms with E-state index in [0.717, 1.165) is 24.4 Å². The van der Waals surface area contributed by atoms with Gasteiger partial charge in [-0.15, -0.1) is 11.8 Å². The topological polar surface area (TPSA) is 15.3 Å². The zero-order valence-corrected chi connectivity index (χ0v) is 22.4. The average Bonchev–Trinajstić information content (AvgIpc) is 3.21. The smallest absolute Gasteiger partial charge is 0.0364 e. The second kappa shape index (κ2) is 11.1. The van der Waals surface area contributed by atoms with E-state index in [1.807, 2.05) is 11.8 Å². The van der Waals surface area contributed by atoms with Crippen LogP contribution in [0.5, 0.6) is 0 Å². The fourth-order valence-electron chi connectivity index (χ4n) is 7.84. The van der Waals surface area contributed by atoms with Gasteiger partial charge in [0.15, 0.2) is 0 Å². The number of piperidine rings is 3. The van der Waals surface area contributed by atoms with E-state index in [4.69, 9.17) is 0 Å². The fourth-order valence-corrected chi connectivity index (χ4v) is 8.45. The Morgan fingerprint density at radius 2 is 1.44 bits per heavy atom. The molecule has 2 nitrogen and oxygen atoms in total. The van der Waals surface area contributed by atoms with Crippen molar-refractivity contribution in [3.05, 3.63) is 102 Å². The van der Waals surface area contributed by atoms with E-state index in [1.54, 1.807) is 0 Å². The second-order valence-electron chi connectivity index (χ2n) is 11.1. The maximum atomic E-state index is 4.21. The lowest BCUT2D eigenvalue weighted by Gasteiger charge is -2.61. The Labute approximate surface area is 221 Å². The number of hydrogen-bond acceptors (Lipinski definition) is 3. The Balaban J connectivity index is 1.41. The SMILES string of the molecule is CSc1ccccc1CNC1C2CCN(C3CCCCCC23)C1C(c1ccccc1)c1ccccc1. The minimum absolute atomic E-state index is 0.382. The van der Waals surface area contributed by atoms with Crippen LogP contribution in [0, 0.1) is 11.8 Å². The lowest BCUT2D eigenvalue weighted by Crippen LogP contribution is -2.70. The largest absolute Gasteiger partial charge is 0.308 e. The monoisotopic (exact) mass is 496 g/mol. The molecule has 0 radical (unpaired) electrons. The summed E-state index contributed by atoms with van der Waals surface area (Å²) in [5, 5.41) is 4.21. The summed E-state index contributed by atoms with van der Waals surface area (Å²) in [7, 11) is 0. The van der Waals surface area contributed by atoms with Gasteiger partial charge in [0.05, 0.1) is 0 Å². The van der Waals surface area contributed by atoms with Gasteiger partial charge in [-0.25, -0.2) is 0 Å². The van der Waals surface area contributed by atoms with Crippen molar-refractivity contribution in [3.63, 3.8) is 0 Å². The molecule has 7 rings (SSSR count). The molecule has 6 unspecified atom stereocenters. The van der Waals surface area contributed by atoms with E-state index in [9.17, 15) is 0 Å². The van der Waals surface area contributed by atoms with E-state index in [2.05, 4.69) is 101 Å². The molecule has 3 saturated heterocycles. The lowest BCUT2D eigenvalue weighted by atomic mass is 9.62. The first kappa shape index (κ1) is 24.3. The Kier molecular flexibility index (Phi) is 7.50. The second-order valence-corrected chi connectivity index (χ2v) is 11.9. The van der Waals surface area contributed by atoms with Crippen molar-refractivity contribution in [2.24, 2.45) is 11.8 Å². The average molecular weight is 497 g/mol. The van der Waals surface area contributed by atoms with Crippen LogP contribution < -0.4 is 5.32 Å². The molecule has 3 aliphatic heterocycles. The van der Waals surface area contributed by atoms with Gasteiger partial charge in [-0.2, -0.15) is 0 Å². The summed E-state index contributed by atoms with van der Waals surface area (Å²) in [6.07, 6.45) is 10.6. The zero-order chi connectivity index (χ0) is 24.3. The zero-order valence-electron chi connectivity index (χ0n) is 21.6. The predicted octanol–water partition coefficient (Wildman–Crippen LogP) is 7.35. The Morgan fingerprint density at radius 1 is 0.778 bits per heavy atom. The molecule has 3 heterocycles. The minimum Gasteiger partial charge on any atom is -0.308 e. The van der Waals surface area contributed by atoms with E-state index in [0.29, 0.717) is 18.0 Å². The summed E-state index contributed by atoms with van der Waals surface area (Å²) in [5.74, 6) is 1.99. The molecular weight excluding hydrogens is 456 g/mol. The molecule has 1 saturated carbocycles. The summed E-state index contributed by atoms with van der Waals surface area (Å²) in [5.41, 5.74) is 4.36. The highest BCUT2D eigenvalue weighted by Crippen LogP contribution is 2.50. The number of nitrogens with one attached hydrogen (secondary N) is 1. The standard InChI is InChI=1S/C33H40N2S/c1-36-30-20-12-11-17-26(30)23-34-32-28-21-22-35(29-19-10-4-9-18-27(28)29)33(32)31(24-13-5-2-6-14-24)25-15-7-3-8-16-25/h2-3,5-8,11-17,20,27-29,31-34H,4,9-10,18-19,21-23H2,1H3. The quantitative estimate of drug-likeness (QED) is 0.344. The molecule has 2 bridgehead atoms. The molecule has 36 heavy (non-hydrogen) atoms. The predicted molar refractivity (Wildman–Crippen MR) is 153 cm³/mol. The summed E-state index contributed by atoms with van der Waals surface area (Å²) in [4.78, 5) is 4.39. The summed E-state index contributed by atoms with van der Waals surface area (Å²) >= 11 is 1.87. The lowest BCUT2D eigenvalue weighted by molar-refractivity contribution is -0.0855. The van der Waals surface area contributed by atoms with Crippen LogP contribution in [0.2, 0.25) is 0 Å². The number of rotatable bonds is 7. The molecule has 188 valence electrons. The van der Waals surface area contributed by atoms with Crippen molar-refractivity contribution < 1.29 is 0 Å². The third kappa shape index (κ3) is 4.66. The molecule has 0 spiro atoms. The van der Waals surface area contributed by atoms with Gasteiger partial charge in [0, 0.05) is 35.5 Å². The summed E-state index contributed by atoms with van der Waals surface area (Å²) < 4.78 is 0. The molecule has 3 heteroatoms. The van der Waals surface area contributed by atoms with E-state index < -0.39 is 0 Å². The van der Waals surface area contributed by atoms with Crippen LogP contribution in [0.15, 0.2) is 89.8 Å². The van der Waals surface area contributed by atoms with E-state index in [1.165, 1.54) is 66.7 Å². The highest BCUT2D eigenvalue weighted by molar-refractivity contribution is 7.98. The number of hydrogen-bond donors (Lipinski definition) is 1. The fraction of sp³-hybridized carbons (Fsp3) is 0.455. The van der Waals surface area contributed by atoms with Gasteiger partial charge in [-0.05, 0) is 66.7 Å². The molecular formula is C33H40N2S. The third-order valence-corrected chi connectivity index (χ3v) is 10.2. The van der Waals surface area contributed by atoms with Crippen molar-refractivity contribution in [1.82, 2.24) is 10.2 Å². The first-order chi connectivity index (χ1) is 17.8. The Hall–Kier alpha value is -2.07.